The average Bonchev–Trinajstić information content (AvgIpc) is 2.80. The molecule has 1 N–H and O–H groups in total. The predicted molar refractivity (Wildman–Crippen MR) is 83.1 cm³/mol. The van der Waals surface area contributed by atoms with Crippen molar-refractivity contribution in [3.05, 3.63) is 22.5 Å². The average molecular weight is 308 g/mol. The smallest absolute Gasteiger partial charge is 0.354 e. The Morgan fingerprint density at radius 2 is 1.82 bits per heavy atom. The number of hydrogen-bond acceptors (Lipinski definition) is 4. The first-order valence-corrected chi connectivity index (χ1v) is 7.41. The van der Waals surface area contributed by atoms with Crippen LogP contribution in [0.2, 0.25) is 0 Å². The number of nitrogens with zero attached hydrogens (tertiary/aromatic N) is 1. The minimum absolute atomic E-state index is 0.0672. The summed E-state index contributed by atoms with van der Waals surface area (Å²) < 4.78 is 4.70. The number of aryl methyl sites for hydroxylation is 1. The SMILES string of the molecule is CCC(=O)N(CC)C(C)C(=O)c1c(C)[nH]c(C(=O)OC)c1C. The van der Waals surface area contributed by atoms with Gasteiger partial charge in [-0.05, 0) is 33.3 Å². The van der Waals surface area contributed by atoms with Gasteiger partial charge in [0.1, 0.15) is 5.69 Å². The molecule has 0 aromatic carbocycles. The first kappa shape index (κ1) is 17.9. The summed E-state index contributed by atoms with van der Waals surface area (Å²) in [5, 5.41) is 0. The Morgan fingerprint density at radius 1 is 1.23 bits per heavy atom. The van der Waals surface area contributed by atoms with Crippen LogP contribution < -0.4 is 0 Å². The van der Waals surface area contributed by atoms with Gasteiger partial charge >= 0.3 is 5.97 Å². The molecule has 22 heavy (non-hydrogen) atoms. The zero-order chi connectivity index (χ0) is 17.0. The minimum atomic E-state index is -0.573. The van der Waals surface area contributed by atoms with Crippen molar-refractivity contribution in [2.75, 3.05) is 13.7 Å². The lowest BCUT2D eigenvalue weighted by atomic mass is 9.99. The van der Waals surface area contributed by atoms with E-state index in [1.54, 1.807) is 32.6 Å². The molecule has 1 atom stereocenters. The summed E-state index contributed by atoms with van der Waals surface area (Å²) in [5.74, 6) is -0.753. The fourth-order valence-electron chi connectivity index (χ4n) is 2.65. The van der Waals surface area contributed by atoms with Crippen molar-refractivity contribution in [3.63, 3.8) is 0 Å². The van der Waals surface area contributed by atoms with Crippen molar-refractivity contribution in [3.8, 4) is 0 Å². The van der Waals surface area contributed by atoms with E-state index in [-0.39, 0.29) is 17.4 Å². The molecule has 1 aromatic heterocycles. The van der Waals surface area contributed by atoms with Crippen LogP contribution >= 0.6 is 0 Å². The second kappa shape index (κ2) is 7.24. The van der Waals surface area contributed by atoms with Gasteiger partial charge in [0.2, 0.25) is 5.91 Å². The number of ether oxygens (including phenoxy) is 1. The third-order valence-electron chi connectivity index (χ3n) is 3.88. The van der Waals surface area contributed by atoms with Crippen LogP contribution in [0, 0.1) is 13.8 Å². The van der Waals surface area contributed by atoms with E-state index in [4.69, 9.17) is 4.74 Å². The summed E-state index contributed by atoms with van der Waals surface area (Å²) in [4.78, 5) is 40.9. The third-order valence-corrected chi connectivity index (χ3v) is 3.88. The summed E-state index contributed by atoms with van der Waals surface area (Å²) in [6.07, 6.45) is 0.351. The largest absolute Gasteiger partial charge is 0.464 e. The van der Waals surface area contributed by atoms with E-state index < -0.39 is 12.0 Å². The maximum absolute atomic E-state index is 12.8. The van der Waals surface area contributed by atoms with Gasteiger partial charge < -0.3 is 14.6 Å². The monoisotopic (exact) mass is 308 g/mol. The van der Waals surface area contributed by atoms with E-state index >= 15 is 0 Å². The Kier molecular flexibility index (Phi) is 5.91. The lowest BCUT2D eigenvalue weighted by molar-refractivity contribution is -0.131. The molecule has 1 aromatic rings. The highest BCUT2D eigenvalue weighted by molar-refractivity contribution is 6.06. The predicted octanol–water partition coefficient (Wildman–Crippen LogP) is 2.25. The van der Waals surface area contributed by atoms with Gasteiger partial charge in [-0.15, -0.1) is 0 Å². The first-order chi connectivity index (χ1) is 10.3. The van der Waals surface area contributed by atoms with Crippen molar-refractivity contribution in [2.45, 2.75) is 47.1 Å². The molecule has 6 heteroatoms. The number of hydrogen-bond donors (Lipinski definition) is 1. The summed E-state index contributed by atoms with van der Waals surface area (Å²) in [6.45, 7) is 9.22. The first-order valence-electron chi connectivity index (χ1n) is 7.41. The number of Topliss-reactive ketones (excluding diaryl/α,β-unsaturated/α-hetero) is 1. The van der Waals surface area contributed by atoms with E-state index in [0.717, 1.165) is 0 Å². The van der Waals surface area contributed by atoms with Gasteiger partial charge in [-0.3, -0.25) is 9.59 Å². The van der Waals surface area contributed by atoms with Crippen molar-refractivity contribution < 1.29 is 19.1 Å². The standard InChI is InChI=1S/C16H24N2O4/c1-7-12(19)18(8-2)11(5)15(20)13-9(3)14(16(21)22-6)17-10(13)4/h11,17H,7-8H2,1-6H3. The lowest BCUT2D eigenvalue weighted by Gasteiger charge is -2.27. The van der Waals surface area contributed by atoms with Crippen LogP contribution in [0.15, 0.2) is 0 Å². The number of H-pyrrole nitrogens is 1. The number of amides is 1. The normalized spacial score (nSPS) is 11.9. The molecule has 0 aliphatic rings. The van der Waals surface area contributed by atoms with Crippen LogP contribution in [-0.4, -0.2) is 47.2 Å². The van der Waals surface area contributed by atoms with Crippen LogP contribution in [0.25, 0.3) is 0 Å². The maximum atomic E-state index is 12.8. The molecule has 6 nitrogen and oxygen atoms in total. The second-order valence-electron chi connectivity index (χ2n) is 5.19. The lowest BCUT2D eigenvalue weighted by Crippen LogP contribution is -2.43. The quantitative estimate of drug-likeness (QED) is 0.645. The van der Waals surface area contributed by atoms with Gasteiger partial charge in [0.05, 0.1) is 13.2 Å². The fraction of sp³-hybridized carbons (Fsp3) is 0.562. The van der Waals surface area contributed by atoms with Gasteiger partial charge in [0.15, 0.2) is 5.78 Å². The van der Waals surface area contributed by atoms with Gasteiger partial charge in [-0.25, -0.2) is 4.79 Å². The van der Waals surface area contributed by atoms with Gasteiger partial charge in [-0.2, -0.15) is 0 Å². The molecule has 0 bridgehead atoms. The topological polar surface area (TPSA) is 79.5 Å². The fourth-order valence-corrected chi connectivity index (χ4v) is 2.65. The van der Waals surface area contributed by atoms with Gasteiger partial charge in [0, 0.05) is 24.2 Å². The van der Waals surface area contributed by atoms with E-state index in [1.165, 1.54) is 7.11 Å². The highest BCUT2D eigenvalue weighted by Crippen LogP contribution is 2.22. The number of likely N-dealkylation sites (N-methyl/N-ethyl adjacent to an activating group) is 1. The molecule has 1 amide bonds. The van der Waals surface area contributed by atoms with Crippen molar-refractivity contribution in [1.29, 1.82) is 0 Å². The molecule has 1 rings (SSSR count). The van der Waals surface area contributed by atoms with Crippen LogP contribution in [0.3, 0.4) is 0 Å². The minimum Gasteiger partial charge on any atom is -0.464 e. The molecule has 0 aliphatic heterocycles. The number of aromatic amines is 1. The van der Waals surface area contributed by atoms with E-state index in [9.17, 15) is 14.4 Å². The van der Waals surface area contributed by atoms with Crippen LogP contribution in [0.1, 0.15) is 59.3 Å². The molecule has 0 fully saturated rings. The number of carbonyl (C=O) groups excluding carboxylic acids is 3. The molecule has 1 unspecified atom stereocenters. The molecule has 0 radical (unpaired) electrons. The highest BCUT2D eigenvalue weighted by Gasteiger charge is 2.29. The number of nitrogens with one attached hydrogen (secondary N) is 1. The Balaban J connectivity index is 3.20. The Labute approximate surface area is 130 Å². The van der Waals surface area contributed by atoms with Crippen molar-refractivity contribution in [1.82, 2.24) is 9.88 Å². The molecule has 1 heterocycles. The Bertz CT molecular complexity index is 589. The molecular formula is C16H24N2O4. The molecule has 0 spiro atoms. The van der Waals surface area contributed by atoms with Gasteiger partial charge in [0.25, 0.3) is 0 Å². The van der Waals surface area contributed by atoms with Crippen LogP contribution in [0.4, 0.5) is 0 Å². The number of carbonyl (C=O) groups is 3. The van der Waals surface area contributed by atoms with E-state index in [1.807, 2.05) is 6.92 Å². The number of ketones is 1. The summed E-state index contributed by atoms with van der Waals surface area (Å²) in [6, 6.07) is -0.573. The van der Waals surface area contributed by atoms with Gasteiger partial charge in [-0.1, -0.05) is 6.92 Å². The third kappa shape index (κ3) is 3.21. The number of methoxy groups -OCH3 is 1. The molecular weight excluding hydrogens is 284 g/mol. The second-order valence-corrected chi connectivity index (χ2v) is 5.19. The van der Waals surface area contributed by atoms with E-state index in [2.05, 4.69) is 4.98 Å². The van der Waals surface area contributed by atoms with Crippen molar-refractivity contribution >= 4 is 17.7 Å². The number of aromatic nitrogens is 1. The Hall–Kier alpha value is -2.11. The van der Waals surface area contributed by atoms with Crippen LogP contribution in [-0.2, 0) is 9.53 Å². The molecule has 0 aliphatic carbocycles. The Morgan fingerprint density at radius 3 is 2.27 bits per heavy atom. The highest BCUT2D eigenvalue weighted by atomic mass is 16.5. The summed E-state index contributed by atoms with van der Waals surface area (Å²) >= 11 is 0. The van der Waals surface area contributed by atoms with Crippen LogP contribution in [0.5, 0.6) is 0 Å². The molecule has 122 valence electrons. The summed E-state index contributed by atoms with van der Waals surface area (Å²) in [7, 11) is 1.29. The zero-order valence-electron chi connectivity index (χ0n) is 14.1. The number of esters is 1. The molecule has 0 saturated heterocycles. The van der Waals surface area contributed by atoms with Crippen molar-refractivity contribution in [2.24, 2.45) is 0 Å². The molecule has 0 saturated carbocycles. The summed E-state index contributed by atoms with van der Waals surface area (Å²) in [5.41, 5.74) is 1.90. The van der Waals surface area contributed by atoms with E-state index in [0.29, 0.717) is 29.8 Å². The maximum Gasteiger partial charge on any atom is 0.354 e. The number of rotatable bonds is 6. The zero-order valence-corrected chi connectivity index (χ0v) is 14.1.